The van der Waals surface area contributed by atoms with Crippen LogP contribution >= 0.6 is 0 Å². The molecule has 1 nitrogen and oxygen atoms in total. The molecular formula is C9H21NSi. The molecule has 0 rings (SSSR count). The largest absolute Gasteiger partial charge is 0.414 e. The maximum Gasteiger partial charge on any atom is 0.143 e. The first kappa shape index (κ1) is 10.8. The van der Waals surface area contributed by atoms with Crippen LogP contribution in [0.4, 0.5) is 0 Å². The van der Waals surface area contributed by atoms with E-state index in [2.05, 4.69) is 38.1 Å². The highest BCUT2D eigenvalue weighted by atomic mass is 28.3. The predicted octanol–water partition coefficient (Wildman–Crippen LogP) is 3.11. The van der Waals surface area contributed by atoms with E-state index >= 15 is 0 Å². The summed E-state index contributed by atoms with van der Waals surface area (Å²) in [6.07, 6.45) is 3.66. The van der Waals surface area contributed by atoms with Crippen LogP contribution in [0.2, 0.25) is 19.6 Å². The minimum absolute atomic E-state index is 1.12. The van der Waals surface area contributed by atoms with Crippen molar-refractivity contribution >= 4 is 8.24 Å². The second kappa shape index (κ2) is 4.60. The average Bonchev–Trinajstić information content (AvgIpc) is 1.79. The third-order valence-corrected chi connectivity index (χ3v) is 2.49. The molecule has 0 aromatic rings. The van der Waals surface area contributed by atoms with E-state index in [-0.39, 0.29) is 0 Å². The molecule has 0 aliphatic heterocycles. The second-order valence-corrected chi connectivity index (χ2v) is 8.83. The molecule has 0 radical (unpaired) electrons. The molecule has 0 amide bonds. The van der Waals surface area contributed by atoms with Gasteiger partial charge in [-0.15, -0.1) is 0 Å². The Balaban J connectivity index is 3.53. The summed E-state index contributed by atoms with van der Waals surface area (Å²) in [6.45, 7) is 13.1. The summed E-state index contributed by atoms with van der Waals surface area (Å²) in [4.78, 5) is 3.50. The lowest BCUT2D eigenvalue weighted by Gasteiger charge is -2.21. The van der Waals surface area contributed by atoms with Crippen molar-refractivity contribution in [3.05, 3.63) is 12.3 Å². The summed E-state index contributed by atoms with van der Waals surface area (Å²) in [5.74, 6) is 0. The van der Waals surface area contributed by atoms with Crippen molar-refractivity contribution in [3.63, 3.8) is 0 Å². The highest BCUT2D eigenvalue weighted by Gasteiger charge is 2.12. The minimum Gasteiger partial charge on any atom is -0.414 e. The van der Waals surface area contributed by atoms with Crippen LogP contribution in [0.1, 0.15) is 26.2 Å². The molecule has 0 saturated heterocycles. The van der Waals surface area contributed by atoms with Crippen LogP contribution in [-0.2, 0) is 0 Å². The van der Waals surface area contributed by atoms with Crippen LogP contribution in [0.25, 0.3) is 0 Å². The van der Waals surface area contributed by atoms with E-state index < -0.39 is 8.24 Å². The summed E-state index contributed by atoms with van der Waals surface area (Å²) in [5.41, 5.74) is 1.23. The van der Waals surface area contributed by atoms with Gasteiger partial charge < -0.3 is 4.98 Å². The third-order valence-electron chi connectivity index (χ3n) is 1.38. The lowest BCUT2D eigenvalue weighted by atomic mass is 10.2. The normalized spacial score (nSPS) is 11.3. The van der Waals surface area contributed by atoms with Crippen molar-refractivity contribution in [2.24, 2.45) is 0 Å². The second-order valence-electron chi connectivity index (χ2n) is 4.08. The van der Waals surface area contributed by atoms with Crippen LogP contribution in [0.3, 0.4) is 0 Å². The van der Waals surface area contributed by atoms with Gasteiger partial charge in [-0.05, 0) is 18.5 Å². The summed E-state index contributed by atoms with van der Waals surface area (Å²) in [5, 5.41) is 0. The van der Waals surface area contributed by atoms with E-state index in [0.717, 1.165) is 6.42 Å². The van der Waals surface area contributed by atoms with Gasteiger partial charge in [-0.3, -0.25) is 0 Å². The fourth-order valence-electron chi connectivity index (χ4n) is 0.983. The monoisotopic (exact) mass is 171 g/mol. The van der Waals surface area contributed by atoms with Crippen LogP contribution < -0.4 is 4.98 Å². The Bertz CT molecular complexity index is 124. The molecule has 0 aromatic carbocycles. The van der Waals surface area contributed by atoms with Crippen LogP contribution in [-0.4, -0.2) is 8.24 Å². The van der Waals surface area contributed by atoms with Gasteiger partial charge in [-0.25, -0.2) is 0 Å². The number of hydrogen-bond donors (Lipinski definition) is 1. The minimum atomic E-state index is -1.12. The molecule has 0 saturated carbocycles. The molecule has 0 unspecified atom stereocenters. The molecular weight excluding hydrogens is 150 g/mol. The Morgan fingerprint density at radius 2 is 1.91 bits per heavy atom. The van der Waals surface area contributed by atoms with Crippen LogP contribution in [0.5, 0.6) is 0 Å². The smallest absolute Gasteiger partial charge is 0.143 e. The first-order valence-electron chi connectivity index (χ1n) is 4.41. The number of nitrogens with one attached hydrogen (secondary N) is 1. The summed E-state index contributed by atoms with van der Waals surface area (Å²) >= 11 is 0. The van der Waals surface area contributed by atoms with Gasteiger partial charge in [0.25, 0.3) is 0 Å². The van der Waals surface area contributed by atoms with Gasteiger partial charge in [0.1, 0.15) is 8.24 Å². The molecule has 0 bridgehead atoms. The van der Waals surface area contributed by atoms with Gasteiger partial charge in [0, 0.05) is 0 Å². The zero-order chi connectivity index (χ0) is 8.91. The molecule has 0 aliphatic rings. The van der Waals surface area contributed by atoms with Gasteiger partial charge in [0.15, 0.2) is 0 Å². The number of rotatable bonds is 5. The van der Waals surface area contributed by atoms with Gasteiger partial charge in [-0.2, -0.15) is 0 Å². The lowest BCUT2D eigenvalue weighted by molar-refractivity contribution is 0.766. The highest BCUT2D eigenvalue weighted by molar-refractivity contribution is 6.74. The fraction of sp³-hybridized carbons (Fsp3) is 0.778. The van der Waals surface area contributed by atoms with Crippen LogP contribution in [0, 0.1) is 0 Å². The van der Waals surface area contributed by atoms with Gasteiger partial charge >= 0.3 is 0 Å². The third kappa shape index (κ3) is 7.66. The van der Waals surface area contributed by atoms with Gasteiger partial charge in [-0.1, -0.05) is 39.6 Å². The maximum atomic E-state index is 4.00. The van der Waals surface area contributed by atoms with E-state index in [1.807, 2.05) is 0 Å². The molecule has 11 heavy (non-hydrogen) atoms. The Morgan fingerprint density at radius 3 is 2.27 bits per heavy atom. The molecule has 0 atom stereocenters. The zero-order valence-electron chi connectivity index (χ0n) is 8.33. The van der Waals surface area contributed by atoms with Crippen molar-refractivity contribution in [2.45, 2.75) is 45.8 Å². The topological polar surface area (TPSA) is 12.0 Å². The summed E-state index contributed by atoms with van der Waals surface area (Å²) in [6, 6.07) is 0. The summed E-state index contributed by atoms with van der Waals surface area (Å²) in [7, 11) is -1.12. The first-order valence-corrected chi connectivity index (χ1v) is 7.91. The number of unbranched alkanes of at least 4 members (excludes halogenated alkanes) is 1. The molecule has 0 aromatic heterocycles. The fourth-order valence-corrected chi connectivity index (χ4v) is 2.17. The SMILES string of the molecule is C=C(CCCC)N[Si](C)(C)C. The Hall–Kier alpha value is -0.243. The average molecular weight is 171 g/mol. The molecule has 0 fully saturated rings. The molecule has 0 spiro atoms. The maximum absolute atomic E-state index is 4.00. The zero-order valence-corrected chi connectivity index (χ0v) is 9.33. The molecule has 0 aliphatic carbocycles. The van der Waals surface area contributed by atoms with E-state index in [1.165, 1.54) is 18.5 Å². The van der Waals surface area contributed by atoms with Crippen molar-refractivity contribution in [1.29, 1.82) is 0 Å². The predicted molar refractivity (Wildman–Crippen MR) is 55.1 cm³/mol. The Labute approximate surface area is 72.0 Å². The van der Waals surface area contributed by atoms with Crippen molar-refractivity contribution < 1.29 is 0 Å². The number of allylic oxidation sites excluding steroid dienone is 1. The molecule has 0 heterocycles. The quantitative estimate of drug-likeness (QED) is 0.627. The molecule has 2 heteroatoms. The summed E-state index contributed by atoms with van der Waals surface area (Å²) < 4.78 is 0. The van der Waals surface area contributed by atoms with Crippen LogP contribution in [0.15, 0.2) is 12.3 Å². The highest BCUT2D eigenvalue weighted by Crippen LogP contribution is 2.05. The van der Waals surface area contributed by atoms with Crippen molar-refractivity contribution in [1.82, 2.24) is 4.98 Å². The Morgan fingerprint density at radius 1 is 1.36 bits per heavy atom. The van der Waals surface area contributed by atoms with Gasteiger partial charge in [0.2, 0.25) is 0 Å². The molecule has 66 valence electrons. The van der Waals surface area contributed by atoms with Crippen molar-refractivity contribution in [3.8, 4) is 0 Å². The number of hydrogen-bond acceptors (Lipinski definition) is 1. The van der Waals surface area contributed by atoms with E-state index in [0.29, 0.717) is 0 Å². The standard InChI is InChI=1S/C9H21NSi/c1-6-7-8-9(2)10-11(3,4)5/h10H,2,6-8H2,1,3-5H3. The van der Waals surface area contributed by atoms with Crippen molar-refractivity contribution in [2.75, 3.05) is 0 Å². The first-order chi connectivity index (χ1) is 4.95. The van der Waals surface area contributed by atoms with E-state index in [9.17, 15) is 0 Å². The van der Waals surface area contributed by atoms with E-state index in [1.54, 1.807) is 0 Å². The Kier molecular flexibility index (Phi) is 4.50. The lowest BCUT2D eigenvalue weighted by Crippen LogP contribution is -2.40. The van der Waals surface area contributed by atoms with E-state index in [4.69, 9.17) is 0 Å². The van der Waals surface area contributed by atoms with Gasteiger partial charge in [0.05, 0.1) is 0 Å². The molecule has 1 N–H and O–H groups in total.